The van der Waals surface area contributed by atoms with Crippen LogP contribution in [-0.4, -0.2) is 34.4 Å². The maximum atomic E-state index is 13.9. The number of hydrogen-bond acceptors (Lipinski definition) is 7. The quantitative estimate of drug-likeness (QED) is 0.218. The van der Waals surface area contributed by atoms with Gasteiger partial charge in [0, 0.05) is 23.5 Å². The van der Waals surface area contributed by atoms with Gasteiger partial charge in [-0.3, -0.25) is 14.2 Å². The summed E-state index contributed by atoms with van der Waals surface area (Å²) in [4.78, 5) is 33.4. The van der Waals surface area contributed by atoms with Crippen LogP contribution in [0.5, 0.6) is 5.75 Å². The lowest BCUT2D eigenvalue weighted by Gasteiger charge is -2.26. The van der Waals surface area contributed by atoms with Gasteiger partial charge >= 0.3 is 0 Å². The summed E-state index contributed by atoms with van der Waals surface area (Å²) < 4.78 is 13.0. The van der Waals surface area contributed by atoms with E-state index in [1.165, 1.54) is 23.1 Å². The van der Waals surface area contributed by atoms with E-state index in [1.54, 1.807) is 35.9 Å². The topological polar surface area (TPSA) is 82.5 Å². The fourth-order valence-electron chi connectivity index (χ4n) is 4.56. The van der Waals surface area contributed by atoms with Crippen LogP contribution < -0.4 is 15.6 Å². The molecule has 5 rings (SSSR count). The highest BCUT2D eigenvalue weighted by Crippen LogP contribution is 2.36. The van der Waals surface area contributed by atoms with E-state index < -0.39 is 0 Å². The Balaban J connectivity index is 1.43. The third-order valence-corrected chi connectivity index (χ3v) is 8.79. The van der Waals surface area contributed by atoms with Gasteiger partial charge in [-0.15, -0.1) is 11.3 Å². The van der Waals surface area contributed by atoms with Crippen LogP contribution in [0.25, 0.3) is 10.2 Å². The molecule has 0 fully saturated rings. The van der Waals surface area contributed by atoms with E-state index in [0.717, 1.165) is 33.0 Å². The minimum Gasteiger partial charge on any atom is -0.497 e. The summed E-state index contributed by atoms with van der Waals surface area (Å²) in [5.74, 6) is 1.06. The Morgan fingerprint density at radius 2 is 1.97 bits per heavy atom. The number of carbonyl (C=O) groups excluding carboxylic acids is 1. The molecule has 38 heavy (non-hydrogen) atoms. The van der Waals surface area contributed by atoms with Gasteiger partial charge in [0.25, 0.3) is 5.56 Å². The molecule has 1 amide bonds. The second-order valence-corrected chi connectivity index (χ2v) is 11.7. The van der Waals surface area contributed by atoms with Gasteiger partial charge in [0.05, 0.1) is 31.0 Å². The van der Waals surface area contributed by atoms with Crippen LogP contribution in [0.15, 0.2) is 64.5 Å². The van der Waals surface area contributed by atoms with E-state index >= 15 is 0 Å². The van der Waals surface area contributed by atoms with Crippen molar-refractivity contribution in [3.05, 3.63) is 81.0 Å². The fourth-order valence-corrected chi connectivity index (χ4v) is 6.55. The molecule has 4 aromatic rings. The second-order valence-electron chi connectivity index (χ2n) is 9.63. The fraction of sp³-hybridized carbons (Fsp3) is 0.345. The molecule has 0 bridgehead atoms. The molecule has 0 unspecified atom stereocenters. The summed E-state index contributed by atoms with van der Waals surface area (Å²) in [6.45, 7) is 5.29. The van der Waals surface area contributed by atoms with Gasteiger partial charge in [-0.25, -0.2) is 4.98 Å². The first-order chi connectivity index (χ1) is 18.4. The molecule has 0 radical (unpaired) electrons. The van der Waals surface area contributed by atoms with Crippen LogP contribution in [0.4, 0.5) is 5.69 Å². The normalized spacial score (nSPS) is 15.0. The molecule has 3 heterocycles. The van der Waals surface area contributed by atoms with Crippen LogP contribution in [0.1, 0.15) is 29.9 Å². The van der Waals surface area contributed by atoms with Crippen LogP contribution in [-0.2, 0) is 35.5 Å². The lowest BCUT2D eigenvalue weighted by atomic mass is 9.96. The SMILES string of the molecule is COc1ccc(NC(=O)CSc2nc3sc4c(c3c(=O)n2CCc2ccccc2)C[C@@H](C(C)C)OC4)cc1. The number of benzene rings is 2. The Kier molecular flexibility index (Phi) is 8.16. The smallest absolute Gasteiger partial charge is 0.263 e. The van der Waals surface area contributed by atoms with Crippen LogP contribution >= 0.6 is 23.1 Å². The summed E-state index contributed by atoms with van der Waals surface area (Å²) in [5.41, 5.74) is 2.88. The number of anilines is 1. The van der Waals surface area contributed by atoms with Gasteiger partial charge in [0.15, 0.2) is 5.16 Å². The highest BCUT2D eigenvalue weighted by molar-refractivity contribution is 7.99. The van der Waals surface area contributed by atoms with Gasteiger partial charge in [-0.05, 0) is 47.7 Å². The highest BCUT2D eigenvalue weighted by Gasteiger charge is 2.28. The number of rotatable bonds is 9. The van der Waals surface area contributed by atoms with Crippen molar-refractivity contribution < 1.29 is 14.3 Å². The van der Waals surface area contributed by atoms with Crippen molar-refractivity contribution in [3.8, 4) is 5.75 Å². The summed E-state index contributed by atoms with van der Waals surface area (Å²) >= 11 is 2.82. The molecule has 198 valence electrons. The van der Waals surface area contributed by atoms with Crippen molar-refractivity contribution in [1.29, 1.82) is 0 Å². The molecule has 1 aliphatic heterocycles. The zero-order valence-electron chi connectivity index (χ0n) is 21.7. The van der Waals surface area contributed by atoms with E-state index in [2.05, 4.69) is 31.3 Å². The first-order valence-corrected chi connectivity index (χ1v) is 14.5. The van der Waals surface area contributed by atoms with E-state index in [9.17, 15) is 9.59 Å². The van der Waals surface area contributed by atoms with Crippen molar-refractivity contribution >= 4 is 44.9 Å². The van der Waals surface area contributed by atoms with Crippen LogP contribution in [0, 0.1) is 5.92 Å². The van der Waals surface area contributed by atoms with Gasteiger partial charge in [0.1, 0.15) is 10.6 Å². The molecule has 9 heteroatoms. The first kappa shape index (κ1) is 26.5. The number of thiophene rings is 1. The molecule has 2 aromatic heterocycles. The monoisotopic (exact) mass is 549 g/mol. The third kappa shape index (κ3) is 5.80. The number of aryl methyl sites for hydroxylation is 1. The Labute approximate surface area is 230 Å². The van der Waals surface area contributed by atoms with E-state index in [4.69, 9.17) is 14.5 Å². The molecule has 2 aromatic carbocycles. The maximum absolute atomic E-state index is 13.9. The zero-order valence-corrected chi connectivity index (χ0v) is 23.4. The van der Waals surface area contributed by atoms with Crippen molar-refractivity contribution in [3.63, 3.8) is 0 Å². The standard InChI is InChI=1S/C29H31N3O4S2/c1-18(2)23-15-22-24(16-36-23)38-27-26(22)28(34)32(14-13-19-7-5-4-6-8-19)29(31-27)37-17-25(33)30-20-9-11-21(35-3)12-10-20/h4-12,18,23H,13-17H2,1-3H3,(H,30,33)/t23-/m0/s1. The van der Waals surface area contributed by atoms with Crippen molar-refractivity contribution in [2.24, 2.45) is 5.92 Å². The minimum absolute atomic E-state index is 0.0362. The third-order valence-electron chi connectivity index (χ3n) is 6.71. The second kappa shape index (κ2) is 11.7. The summed E-state index contributed by atoms with van der Waals surface area (Å²) in [6.07, 6.45) is 1.51. The lowest BCUT2D eigenvalue weighted by Crippen LogP contribution is -2.29. The highest BCUT2D eigenvalue weighted by atomic mass is 32.2. The predicted octanol–water partition coefficient (Wildman–Crippen LogP) is 5.54. The molecule has 0 saturated heterocycles. The first-order valence-electron chi connectivity index (χ1n) is 12.7. The molecule has 0 saturated carbocycles. The van der Waals surface area contributed by atoms with Crippen LogP contribution in [0.2, 0.25) is 0 Å². The number of ether oxygens (including phenoxy) is 2. The Hall–Kier alpha value is -3.14. The Morgan fingerprint density at radius 1 is 1.21 bits per heavy atom. The molecule has 0 aliphatic carbocycles. The molecular formula is C29H31N3O4S2. The van der Waals surface area contributed by atoms with Gasteiger partial charge in [-0.1, -0.05) is 55.9 Å². The zero-order chi connectivity index (χ0) is 26.6. The molecular weight excluding hydrogens is 518 g/mol. The number of fused-ring (bicyclic) bond motifs is 3. The van der Waals surface area contributed by atoms with Gasteiger partial charge in [-0.2, -0.15) is 0 Å². The number of nitrogens with zero attached hydrogens (tertiary/aromatic N) is 2. The molecule has 0 spiro atoms. The van der Waals surface area contributed by atoms with Crippen LogP contribution in [0.3, 0.4) is 0 Å². The molecule has 7 nitrogen and oxygen atoms in total. The summed E-state index contributed by atoms with van der Waals surface area (Å²) in [6, 6.07) is 17.3. The number of thioether (sulfide) groups is 1. The van der Waals surface area contributed by atoms with E-state index in [1.807, 2.05) is 18.2 Å². The summed E-state index contributed by atoms with van der Waals surface area (Å²) in [7, 11) is 1.60. The number of methoxy groups -OCH3 is 1. The molecule has 1 aliphatic rings. The predicted molar refractivity (Wildman–Crippen MR) is 153 cm³/mol. The number of nitrogens with one attached hydrogen (secondary N) is 1. The molecule has 1 N–H and O–H groups in total. The Morgan fingerprint density at radius 3 is 2.68 bits per heavy atom. The van der Waals surface area contributed by atoms with Crippen molar-refractivity contribution in [2.45, 2.75) is 51.1 Å². The van der Waals surface area contributed by atoms with Crippen molar-refractivity contribution in [1.82, 2.24) is 9.55 Å². The summed E-state index contributed by atoms with van der Waals surface area (Å²) in [5, 5.41) is 4.17. The average molecular weight is 550 g/mol. The van der Waals surface area contributed by atoms with E-state index in [0.29, 0.717) is 41.7 Å². The van der Waals surface area contributed by atoms with E-state index in [-0.39, 0.29) is 23.3 Å². The number of carbonyl (C=O) groups is 1. The molecule has 1 atom stereocenters. The van der Waals surface area contributed by atoms with Gasteiger partial charge < -0.3 is 14.8 Å². The number of aromatic nitrogens is 2. The lowest BCUT2D eigenvalue weighted by molar-refractivity contribution is -0.113. The van der Waals surface area contributed by atoms with Crippen molar-refractivity contribution in [2.75, 3.05) is 18.2 Å². The van der Waals surface area contributed by atoms with Gasteiger partial charge in [0.2, 0.25) is 5.91 Å². The maximum Gasteiger partial charge on any atom is 0.263 e. The number of amides is 1. The largest absolute Gasteiger partial charge is 0.497 e. The minimum atomic E-state index is -0.164. The average Bonchev–Trinajstić information content (AvgIpc) is 3.30. The Bertz CT molecular complexity index is 1480. The number of hydrogen-bond donors (Lipinski definition) is 1.